The summed E-state index contributed by atoms with van der Waals surface area (Å²) < 4.78 is 22.3. The lowest BCUT2D eigenvalue weighted by atomic mass is 9.82. The molecule has 3 atom stereocenters. The second-order valence-corrected chi connectivity index (χ2v) is 8.75. The zero-order valence-electron chi connectivity index (χ0n) is 19.6. The first-order valence-corrected chi connectivity index (χ1v) is 11.5. The Bertz CT molecular complexity index is 977. The molecule has 7 nitrogen and oxygen atoms in total. The van der Waals surface area contributed by atoms with Crippen LogP contribution in [0.3, 0.4) is 0 Å². The molecule has 0 bridgehead atoms. The first-order chi connectivity index (χ1) is 16.1. The number of aliphatic hydroxyl groups is 1. The third kappa shape index (κ3) is 4.86. The van der Waals surface area contributed by atoms with Gasteiger partial charge in [0.25, 0.3) is 0 Å². The maximum Gasteiger partial charge on any atom is 0.188 e. The molecule has 2 aliphatic rings. The van der Waals surface area contributed by atoms with E-state index in [1.807, 2.05) is 18.2 Å². The van der Waals surface area contributed by atoms with Gasteiger partial charge in [-0.25, -0.2) is 0 Å². The minimum atomic E-state index is -0.360. The molecule has 0 amide bonds. The number of carbonyl (C=O) groups is 1. The van der Waals surface area contributed by atoms with Crippen LogP contribution in [0.15, 0.2) is 30.3 Å². The molecular formula is C26H33NO6. The summed E-state index contributed by atoms with van der Waals surface area (Å²) in [5, 5.41) is 10.8. The predicted molar refractivity (Wildman–Crippen MR) is 125 cm³/mol. The fourth-order valence-electron chi connectivity index (χ4n) is 5.28. The Hall–Kier alpha value is -2.61. The molecule has 2 aromatic rings. The van der Waals surface area contributed by atoms with Crippen LogP contribution in [-0.2, 0) is 4.74 Å². The van der Waals surface area contributed by atoms with Gasteiger partial charge in [0.15, 0.2) is 18.3 Å². The second-order valence-electron chi connectivity index (χ2n) is 8.75. The molecule has 1 N–H and O–H groups in total. The maximum atomic E-state index is 11.6. The Balaban J connectivity index is 1.91. The van der Waals surface area contributed by atoms with Crippen LogP contribution in [0.2, 0.25) is 0 Å². The Labute approximate surface area is 195 Å². The van der Waals surface area contributed by atoms with E-state index in [2.05, 4.69) is 4.90 Å². The summed E-state index contributed by atoms with van der Waals surface area (Å²) in [6.45, 7) is 1.09. The predicted octanol–water partition coefficient (Wildman–Crippen LogP) is 4.22. The molecule has 2 aromatic carbocycles. The lowest BCUT2D eigenvalue weighted by Crippen LogP contribution is -2.48. The van der Waals surface area contributed by atoms with Gasteiger partial charge in [0.1, 0.15) is 12.0 Å². The van der Waals surface area contributed by atoms with E-state index in [9.17, 15) is 9.90 Å². The molecule has 2 aliphatic heterocycles. The summed E-state index contributed by atoms with van der Waals surface area (Å²) >= 11 is 0. The molecule has 7 heteroatoms. The number of aliphatic hydroxyl groups excluding tert-OH is 1. The topological polar surface area (TPSA) is 77.5 Å². The average molecular weight is 456 g/mol. The SMILES string of the molecule is COCOc1ccc(C=O)cc1-c1cc(OC)c(OC)cc1[C@@H]1C[C@@H](O)C[C@H]2CCCCN21. The summed E-state index contributed by atoms with van der Waals surface area (Å²) in [7, 11) is 4.80. The molecule has 2 heterocycles. The Morgan fingerprint density at radius 3 is 2.52 bits per heavy atom. The van der Waals surface area contributed by atoms with Gasteiger partial charge in [-0.15, -0.1) is 0 Å². The molecule has 33 heavy (non-hydrogen) atoms. The molecule has 4 rings (SSSR count). The number of fused-ring (bicyclic) bond motifs is 1. The molecule has 178 valence electrons. The van der Waals surface area contributed by atoms with Crippen LogP contribution < -0.4 is 14.2 Å². The second kappa shape index (κ2) is 10.5. The van der Waals surface area contributed by atoms with Crippen LogP contribution in [0.5, 0.6) is 17.2 Å². The van der Waals surface area contributed by atoms with Crippen molar-refractivity contribution in [2.75, 3.05) is 34.7 Å². The molecule has 0 unspecified atom stereocenters. The lowest BCUT2D eigenvalue weighted by Gasteiger charge is -2.47. The Kier molecular flexibility index (Phi) is 7.53. The molecule has 0 aliphatic carbocycles. The molecule has 0 spiro atoms. The van der Waals surface area contributed by atoms with Crippen LogP contribution in [0.1, 0.15) is 54.1 Å². The normalized spacial score (nSPS) is 23.0. The number of methoxy groups -OCH3 is 3. The molecule has 0 aromatic heterocycles. The summed E-state index contributed by atoms with van der Waals surface area (Å²) in [5.41, 5.74) is 3.26. The van der Waals surface area contributed by atoms with Crippen LogP contribution in [-0.4, -0.2) is 63.1 Å². The molecule has 2 fully saturated rings. The van der Waals surface area contributed by atoms with Gasteiger partial charge >= 0.3 is 0 Å². The number of nitrogens with zero attached hydrogens (tertiary/aromatic N) is 1. The van der Waals surface area contributed by atoms with Crippen LogP contribution in [0, 0.1) is 0 Å². The van der Waals surface area contributed by atoms with Crippen molar-refractivity contribution in [3.05, 3.63) is 41.5 Å². The highest BCUT2D eigenvalue weighted by Gasteiger charge is 2.38. The van der Waals surface area contributed by atoms with E-state index in [-0.39, 0.29) is 18.9 Å². The highest BCUT2D eigenvalue weighted by molar-refractivity contribution is 5.83. The molecule has 0 saturated carbocycles. The van der Waals surface area contributed by atoms with E-state index < -0.39 is 0 Å². The van der Waals surface area contributed by atoms with Crippen molar-refractivity contribution in [1.82, 2.24) is 4.90 Å². The number of benzene rings is 2. The summed E-state index contributed by atoms with van der Waals surface area (Å²) in [5.74, 6) is 1.84. The van der Waals surface area contributed by atoms with Gasteiger partial charge in [-0.3, -0.25) is 9.69 Å². The first-order valence-electron chi connectivity index (χ1n) is 11.5. The summed E-state index contributed by atoms with van der Waals surface area (Å²) in [4.78, 5) is 14.1. The number of hydrogen-bond donors (Lipinski definition) is 1. The van der Waals surface area contributed by atoms with E-state index >= 15 is 0 Å². The van der Waals surface area contributed by atoms with Crippen LogP contribution in [0.25, 0.3) is 11.1 Å². The minimum absolute atomic E-state index is 0.0176. The fourth-order valence-corrected chi connectivity index (χ4v) is 5.28. The maximum absolute atomic E-state index is 11.6. The van der Waals surface area contributed by atoms with Crippen molar-refractivity contribution in [2.24, 2.45) is 0 Å². The zero-order chi connectivity index (χ0) is 23.4. The van der Waals surface area contributed by atoms with Gasteiger partial charge in [0.2, 0.25) is 0 Å². The quantitative estimate of drug-likeness (QED) is 0.472. The monoisotopic (exact) mass is 455 g/mol. The van der Waals surface area contributed by atoms with E-state index in [1.54, 1.807) is 33.5 Å². The molecule has 2 saturated heterocycles. The minimum Gasteiger partial charge on any atom is -0.493 e. The number of carbonyl (C=O) groups excluding carboxylic acids is 1. The zero-order valence-corrected chi connectivity index (χ0v) is 19.6. The average Bonchev–Trinajstić information content (AvgIpc) is 2.86. The van der Waals surface area contributed by atoms with Crippen molar-refractivity contribution < 1.29 is 28.8 Å². The number of ether oxygens (including phenoxy) is 4. The lowest BCUT2D eigenvalue weighted by molar-refractivity contribution is -0.0178. The number of hydrogen-bond acceptors (Lipinski definition) is 7. The van der Waals surface area contributed by atoms with E-state index in [4.69, 9.17) is 18.9 Å². The highest BCUT2D eigenvalue weighted by Crippen LogP contribution is 2.47. The van der Waals surface area contributed by atoms with Gasteiger partial charge in [-0.2, -0.15) is 0 Å². The van der Waals surface area contributed by atoms with Gasteiger partial charge in [-0.1, -0.05) is 6.42 Å². The number of piperidine rings is 2. The molecular weight excluding hydrogens is 422 g/mol. The smallest absolute Gasteiger partial charge is 0.188 e. The first kappa shape index (κ1) is 23.5. The highest BCUT2D eigenvalue weighted by atomic mass is 16.7. The van der Waals surface area contributed by atoms with Crippen LogP contribution >= 0.6 is 0 Å². The van der Waals surface area contributed by atoms with Gasteiger partial charge in [-0.05, 0) is 73.7 Å². The summed E-state index contributed by atoms with van der Waals surface area (Å²) in [6, 6.07) is 9.68. The van der Waals surface area contributed by atoms with Gasteiger partial charge in [0.05, 0.1) is 20.3 Å². The van der Waals surface area contributed by atoms with E-state index in [1.165, 1.54) is 6.42 Å². The summed E-state index contributed by atoms with van der Waals surface area (Å²) in [6.07, 6.45) is 5.35. The molecule has 0 radical (unpaired) electrons. The number of rotatable bonds is 8. The van der Waals surface area contributed by atoms with Crippen molar-refractivity contribution in [2.45, 2.75) is 50.3 Å². The standard InChI is InChI=1S/C26H33NO6/c1-30-16-33-24-8-7-17(15-28)10-22(24)20-13-25(31-2)26(32-3)14-21(20)23-12-19(29)11-18-6-4-5-9-27(18)23/h7-8,10,13-15,18-19,23,29H,4-6,9,11-12,16H2,1-3H3/t18-,19+,23+/m1/s1. The van der Waals surface area contributed by atoms with Gasteiger partial charge < -0.3 is 24.1 Å². The number of aldehydes is 1. The third-order valence-corrected chi connectivity index (χ3v) is 6.79. The largest absolute Gasteiger partial charge is 0.493 e. The van der Waals surface area contributed by atoms with Crippen molar-refractivity contribution >= 4 is 6.29 Å². The van der Waals surface area contributed by atoms with Crippen molar-refractivity contribution in [3.63, 3.8) is 0 Å². The van der Waals surface area contributed by atoms with E-state index in [0.29, 0.717) is 35.3 Å². The van der Waals surface area contributed by atoms with Crippen LogP contribution in [0.4, 0.5) is 0 Å². The van der Waals surface area contributed by atoms with E-state index in [0.717, 1.165) is 48.8 Å². The fraction of sp³-hybridized carbons (Fsp3) is 0.500. The van der Waals surface area contributed by atoms with Crippen molar-refractivity contribution in [1.29, 1.82) is 0 Å². The Morgan fingerprint density at radius 1 is 1.00 bits per heavy atom. The van der Waals surface area contributed by atoms with Gasteiger partial charge in [0, 0.05) is 30.3 Å². The van der Waals surface area contributed by atoms with Crippen molar-refractivity contribution in [3.8, 4) is 28.4 Å². The third-order valence-electron chi connectivity index (χ3n) is 6.79. The Morgan fingerprint density at radius 2 is 1.79 bits per heavy atom.